The number of esters is 1. The maximum Gasteiger partial charge on any atom is 0.341 e. The highest BCUT2D eigenvalue weighted by molar-refractivity contribution is 5.97. The van der Waals surface area contributed by atoms with Gasteiger partial charge in [-0.25, -0.2) is 4.79 Å². The Morgan fingerprint density at radius 3 is 2.59 bits per heavy atom. The Morgan fingerprint density at radius 2 is 1.93 bits per heavy atom. The van der Waals surface area contributed by atoms with Gasteiger partial charge in [-0.15, -0.1) is 0 Å². The molecular formula is C20H19N3O4. The topological polar surface area (TPSA) is 97.3 Å². The second-order valence-electron chi connectivity index (χ2n) is 5.99. The van der Waals surface area contributed by atoms with Crippen molar-refractivity contribution in [1.82, 2.24) is 4.98 Å². The summed E-state index contributed by atoms with van der Waals surface area (Å²) in [5.41, 5.74) is 3.42. The number of nitro benzene ring substituents is 1. The Balaban J connectivity index is 2.01. The molecule has 0 fully saturated rings. The molecule has 138 valence electrons. The van der Waals surface area contributed by atoms with Gasteiger partial charge in [0.1, 0.15) is 11.4 Å². The highest BCUT2D eigenvalue weighted by Gasteiger charge is 2.19. The number of carbonyl (C=O) groups is 1. The summed E-state index contributed by atoms with van der Waals surface area (Å²) >= 11 is 0. The van der Waals surface area contributed by atoms with Gasteiger partial charge in [0.25, 0.3) is 5.69 Å². The van der Waals surface area contributed by atoms with Crippen molar-refractivity contribution in [3.05, 3.63) is 75.8 Å². The highest BCUT2D eigenvalue weighted by Crippen LogP contribution is 2.30. The summed E-state index contributed by atoms with van der Waals surface area (Å²) in [6.45, 7) is 3.97. The van der Waals surface area contributed by atoms with Crippen molar-refractivity contribution in [2.24, 2.45) is 0 Å². The molecule has 0 aliphatic rings. The van der Waals surface area contributed by atoms with E-state index in [1.54, 1.807) is 25.1 Å². The Morgan fingerprint density at radius 1 is 1.19 bits per heavy atom. The van der Waals surface area contributed by atoms with E-state index in [0.717, 1.165) is 11.3 Å². The van der Waals surface area contributed by atoms with Gasteiger partial charge in [0.2, 0.25) is 0 Å². The van der Waals surface area contributed by atoms with Gasteiger partial charge in [0.15, 0.2) is 0 Å². The Kier molecular flexibility index (Phi) is 5.21. The van der Waals surface area contributed by atoms with Crippen molar-refractivity contribution < 1.29 is 14.5 Å². The van der Waals surface area contributed by atoms with E-state index in [1.165, 1.54) is 12.1 Å². The lowest BCUT2D eigenvalue weighted by Crippen LogP contribution is -2.06. The normalized spacial score (nSPS) is 10.4. The van der Waals surface area contributed by atoms with Crippen LogP contribution in [0.1, 0.15) is 22.8 Å². The summed E-state index contributed by atoms with van der Waals surface area (Å²) in [4.78, 5) is 26.0. The van der Waals surface area contributed by atoms with Gasteiger partial charge in [-0.2, -0.15) is 0 Å². The number of nitrogens with zero attached hydrogens (tertiary/aromatic N) is 1. The van der Waals surface area contributed by atoms with Crippen LogP contribution < -0.4 is 5.32 Å². The monoisotopic (exact) mass is 365 g/mol. The van der Waals surface area contributed by atoms with E-state index in [0.29, 0.717) is 22.6 Å². The van der Waals surface area contributed by atoms with Gasteiger partial charge in [-0.1, -0.05) is 29.8 Å². The number of carbonyl (C=O) groups excluding carboxylic acids is 1. The maximum absolute atomic E-state index is 12.3. The SMILES string of the molecule is CCOC(=O)c1cc(-c2cccc([N+](=O)[O-])c2)[nH]c1Nc1ccc(C)cc1. The molecule has 0 amide bonds. The molecule has 7 nitrogen and oxygen atoms in total. The van der Waals surface area contributed by atoms with Gasteiger partial charge in [-0.05, 0) is 32.0 Å². The smallest absolute Gasteiger partial charge is 0.341 e. The molecule has 0 aliphatic heterocycles. The van der Waals surface area contributed by atoms with Gasteiger partial charge >= 0.3 is 5.97 Å². The summed E-state index contributed by atoms with van der Waals surface area (Å²) in [5.74, 6) is -0.00106. The van der Waals surface area contributed by atoms with Crippen LogP contribution in [0.25, 0.3) is 11.3 Å². The first kappa shape index (κ1) is 18.2. The fourth-order valence-electron chi connectivity index (χ4n) is 2.65. The van der Waals surface area contributed by atoms with Crippen molar-refractivity contribution in [1.29, 1.82) is 0 Å². The number of aryl methyl sites for hydroxylation is 1. The third-order valence-electron chi connectivity index (χ3n) is 4.00. The molecule has 0 bridgehead atoms. The summed E-state index contributed by atoms with van der Waals surface area (Å²) in [6.07, 6.45) is 0. The minimum atomic E-state index is -0.472. The zero-order chi connectivity index (χ0) is 19.4. The molecule has 0 spiro atoms. The second kappa shape index (κ2) is 7.74. The fraction of sp³-hybridized carbons (Fsp3) is 0.150. The molecule has 0 atom stereocenters. The number of rotatable bonds is 6. The van der Waals surface area contributed by atoms with Crippen LogP contribution in [0.3, 0.4) is 0 Å². The van der Waals surface area contributed by atoms with E-state index < -0.39 is 10.9 Å². The van der Waals surface area contributed by atoms with Crippen LogP contribution in [-0.4, -0.2) is 22.5 Å². The molecule has 7 heteroatoms. The highest BCUT2D eigenvalue weighted by atomic mass is 16.6. The van der Waals surface area contributed by atoms with Crippen molar-refractivity contribution in [3.63, 3.8) is 0 Å². The largest absolute Gasteiger partial charge is 0.462 e. The standard InChI is InChI=1S/C20H19N3O4/c1-3-27-20(24)17-12-18(14-5-4-6-16(11-14)23(25)26)22-19(17)21-15-9-7-13(2)8-10-15/h4-12,21-22H,3H2,1-2H3. The summed E-state index contributed by atoms with van der Waals surface area (Å²) in [7, 11) is 0. The lowest BCUT2D eigenvalue weighted by atomic mass is 10.1. The van der Waals surface area contributed by atoms with Crippen molar-refractivity contribution in [3.8, 4) is 11.3 Å². The van der Waals surface area contributed by atoms with Gasteiger partial charge in [-0.3, -0.25) is 10.1 Å². The van der Waals surface area contributed by atoms with Crippen LogP contribution in [0.4, 0.5) is 17.2 Å². The zero-order valence-corrected chi connectivity index (χ0v) is 15.0. The number of ether oxygens (including phenoxy) is 1. The Bertz CT molecular complexity index is 977. The number of hydrogen-bond acceptors (Lipinski definition) is 5. The molecule has 0 unspecified atom stereocenters. The molecule has 0 saturated carbocycles. The van der Waals surface area contributed by atoms with Crippen LogP contribution >= 0.6 is 0 Å². The van der Waals surface area contributed by atoms with Gasteiger partial charge in [0, 0.05) is 29.1 Å². The number of benzene rings is 2. The van der Waals surface area contributed by atoms with Crippen LogP contribution in [0.2, 0.25) is 0 Å². The second-order valence-corrected chi connectivity index (χ2v) is 5.99. The number of anilines is 2. The van der Waals surface area contributed by atoms with Crippen LogP contribution in [-0.2, 0) is 4.74 Å². The molecule has 1 aromatic heterocycles. The van der Waals surface area contributed by atoms with Crippen LogP contribution in [0, 0.1) is 17.0 Å². The zero-order valence-electron chi connectivity index (χ0n) is 15.0. The first-order valence-corrected chi connectivity index (χ1v) is 8.46. The minimum absolute atomic E-state index is 0.0205. The average molecular weight is 365 g/mol. The molecule has 27 heavy (non-hydrogen) atoms. The van der Waals surface area contributed by atoms with E-state index in [9.17, 15) is 14.9 Å². The third-order valence-corrected chi connectivity index (χ3v) is 4.00. The van der Waals surface area contributed by atoms with Gasteiger partial charge in [0.05, 0.1) is 11.5 Å². The average Bonchev–Trinajstić information content (AvgIpc) is 3.08. The first-order valence-electron chi connectivity index (χ1n) is 8.46. The maximum atomic E-state index is 12.3. The van der Waals surface area contributed by atoms with Crippen LogP contribution in [0.15, 0.2) is 54.6 Å². The van der Waals surface area contributed by atoms with E-state index in [2.05, 4.69) is 10.3 Å². The number of nitro groups is 1. The number of aromatic amines is 1. The molecule has 2 aromatic carbocycles. The van der Waals surface area contributed by atoms with Crippen molar-refractivity contribution >= 4 is 23.2 Å². The predicted octanol–water partition coefficient (Wildman–Crippen LogP) is 4.82. The predicted molar refractivity (Wildman–Crippen MR) is 103 cm³/mol. The lowest BCUT2D eigenvalue weighted by molar-refractivity contribution is -0.384. The Hall–Kier alpha value is -3.61. The number of H-pyrrole nitrogens is 1. The molecular weight excluding hydrogens is 346 g/mol. The molecule has 0 aliphatic carbocycles. The van der Waals surface area contributed by atoms with Crippen molar-refractivity contribution in [2.75, 3.05) is 11.9 Å². The summed E-state index contributed by atoms with van der Waals surface area (Å²) in [6, 6.07) is 15.6. The van der Waals surface area contributed by atoms with E-state index in [4.69, 9.17) is 4.74 Å². The molecule has 0 saturated heterocycles. The van der Waals surface area contributed by atoms with Gasteiger partial charge < -0.3 is 15.0 Å². The molecule has 3 rings (SSSR count). The quantitative estimate of drug-likeness (QED) is 0.371. The van der Waals surface area contributed by atoms with E-state index >= 15 is 0 Å². The number of non-ortho nitro benzene ring substituents is 1. The molecule has 1 heterocycles. The van der Waals surface area contributed by atoms with E-state index in [-0.39, 0.29) is 12.3 Å². The number of hydrogen-bond donors (Lipinski definition) is 2. The summed E-state index contributed by atoms with van der Waals surface area (Å²) in [5, 5.41) is 14.2. The number of nitrogens with one attached hydrogen (secondary N) is 2. The van der Waals surface area contributed by atoms with E-state index in [1.807, 2.05) is 31.2 Å². The third kappa shape index (κ3) is 4.14. The first-order chi connectivity index (χ1) is 13.0. The molecule has 3 aromatic rings. The lowest BCUT2D eigenvalue weighted by Gasteiger charge is -2.07. The Labute approximate surface area is 156 Å². The number of aromatic nitrogens is 1. The van der Waals surface area contributed by atoms with Crippen molar-refractivity contribution in [2.45, 2.75) is 13.8 Å². The summed E-state index contributed by atoms with van der Waals surface area (Å²) < 4.78 is 5.13. The van der Waals surface area contributed by atoms with Crippen LogP contribution in [0.5, 0.6) is 0 Å². The fourth-order valence-corrected chi connectivity index (χ4v) is 2.65. The molecule has 2 N–H and O–H groups in total. The molecule has 0 radical (unpaired) electrons. The minimum Gasteiger partial charge on any atom is -0.462 e.